The molecule has 0 saturated carbocycles. The number of aryl methyl sites for hydroxylation is 1. The number of rotatable bonds is 7. The van der Waals surface area contributed by atoms with E-state index in [4.69, 9.17) is 0 Å². The molecule has 0 radical (unpaired) electrons. The van der Waals surface area contributed by atoms with Gasteiger partial charge in [0, 0.05) is 0 Å². The van der Waals surface area contributed by atoms with Crippen LogP contribution in [0, 0.1) is 0 Å². The van der Waals surface area contributed by atoms with Gasteiger partial charge in [-0.3, -0.25) is 0 Å². The third kappa shape index (κ3) is 4.81. The number of hydrogen-bond acceptors (Lipinski definition) is 0. The molecule has 0 saturated heterocycles. The second-order valence-electron chi connectivity index (χ2n) is 11.1. The van der Waals surface area contributed by atoms with Gasteiger partial charge in [0.2, 0.25) is 0 Å². The summed E-state index contributed by atoms with van der Waals surface area (Å²) >= 11 is 0. The van der Waals surface area contributed by atoms with E-state index in [1.807, 2.05) is 0 Å². The minimum Gasteiger partial charge on any atom is -0.0654 e. The highest BCUT2D eigenvalue weighted by molar-refractivity contribution is 6.22. The van der Waals surface area contributed by atoms with Crippen LogP contribution in [0.5, 0.6) is 0 Å². The van der Waals surface area contributed by atoms with Gasteiger partial charge in [-0.2, -0.15) is 0 Å². The van der Waals surface area contributed by atoms with Gasteiger partial charge in [-0.25, -0.2) is 0 Å². The number of benzene rings is 7. The van der Waals surface area contributed by atoms with Crippen molar-refractivity contribution in [1.82, 2.24) is 0 Å². The highest BCUT2D eigenvalue weighted by atomic mass is 14.2. The van der Waals surface area contributed by atoms with E-state index in [1.165, 1.54) is 90.5 Å². The van der Waals surface area contributed by atoms with Crippen molar-refractivity contribution in [3.8, 4) is 33.4 Å². The first-order chi connectivity index (χ1) is 20.3. The van der Waals surface area contributed by atoms with E-state index in [0.29, 0.717) is 0 Å². The first kappa shape index (κ1) is 25.3. The molecule has 0 spiro atoms. The van der Waals surface area contributed by atoms with Crippen LogP contribution in [-0.4, -0.2) is 0 Å². The fourth-order valence-electron chi connectivity index (χ4n) is 6.41. The van der Waals surface area contributed by atoms with Crippen LogP contribution >= 0.6 is 0 Å². The highest BCUT2D eigenvalue weighted by Gasteiger charge is 2.18. The van der Waals surface area contributed by atoms with Crippen LogP contribution < -0.4 is 0 Å². The average molecular weight is 527 g/mol. The summed E-state index contributed by atoms with van der Waals surface area (Å²) in [5.41, 5.74) is 9.10. The second kappa shape index (κ2) is 11.1. The van der Waals surface area contributed by atoms with Crippen molar-refractivity contribution in [2.45, 2.75) is 32.6 Å². The topological polar surface area (TPSA) is 0 Å². The predicted molar refractivity (Wildman–Crippen MR) is 178 cm³/mol. The van der Waals surface area contributed by atoms with Gasteiger partial charge in [0.15, 0.2) is 0 Å². The first-order valence-electron chi connectivity index (χ1n) is 14.9. The quantitative estimate of drug-likeness (QED) is 0.143. The molecule has 7 aromatic carbocycles. The fraction of sp³-hybridized carbons (Fsp3) is 0.122. The number of fused-ring (bicyclic) bond motifs is 3. The van der Waals surface area contributed by atoms with Crippen molar-refractivity contribution >= 4 is 32.3 Å². The summed E-state index contributed by atoms with van der Waals surface area (Å²) in [5, 5.41) is 7.82. The van der Waals surface area contributed by atoms with Gasteiger partial charge in [0.05, 0.1) is 0 Å². The molecule has 0 amide bonds. The lowest BCUT2D eigenvalue weighted by Gasteiger charge is -2.19. The molecule has 0 nitrogen and oxygen atoms in total. The maximum Gasteiger partial charge on any atom is -0.00261 e. The van der Waals surface area contributed by atoms with E-state index in [1.54, 1.807) is 0 Å². The molecule has 0 fully saturated rings. The van der Waals surface area contributed by atoms with Crippen LogP contribution in [-0.2, 0) is 6.42 Å². The van der Waals surface area contributed by atoms with Gasteiger partial charge in [-0.15, -0.1) is 0 Å². The normalized spacial score (nSPS) is 11.4. The molecule has 0 N–H and O–H groups in total. The Balaban J connectivity index is 1.53. The summed E-state index contributed by atoms with van der Waals surface area (Å²) in [4.78, 5) is 0. The van der Waals surface area contributed by atoms with Crippen molar-refractivity contribution in [2.24, 2.45) is 0 Å². The van der Waals surface area contributed by atoms with Gasteiger partial charge in [-0.05, 0) is 96.2 Å². The standard InChI is InChI=1S/C41H34/c1-2-3-5-13-29-22-25-38-39(26-29)41(35-24-23-31-16-8-9-17-32(31)28-35)37-21-11-10-20-36(37)40(38)34-19-12-18-33(27-34)30-14-6-4-7-15-30/h4,6-12,14-28H,2-3,5,13H2,1H3. The van der Waals surface area contributed by atoms with Crippen molar-refractivity contribution in [3.05, 3.63) is 145 Å². The molecule has 0 atom stereocenters. The SMILES string of the molecule is CCCCCc1ccc2c(-c3cccc(-c4ccccc4)c3)c3ccccc3c(-c3ccc4ccccc4c3)c2c1. The molecule has 0 bridgehead atoms. The molecule has 41 heavy (non-hydrogen) atoms. The van der Waals surface area contributed by atoms with Gasteiger partial charge in [0.1, 0.15) is 0 Å². The first-order valence-corrected chi connectivity index (χ1v) is 14.9. The van der Waals surface area contributed by atoms with Crippen LogP contribution in [0.15, 0.2) is 140 Å². The summed E-state index contributed by atoms with van der Waals surface area (Å²) in [6, 6.07) is 51.6. The van der Waals surface area contributed by atoms with Gasteiger partial charge in [-0.1, -0.05) is 147 Å². The van der Waals surface area contributed by atoms with Crippen LogP contribution in [0.4, 0.5) is 0 Å². The summed E-state index contributed by atoms with van der Waals surface area (Å²) in [5.74, 6) is 0. The Morgan fingerprint density at radius 1 is 0.390 bits per heavy atom. The van der Waals surface area contributed by atoms with E-state index in [9.17, 15) is 0 Å². The molecule has 0 aliphatic rings. The Morgan fingerprint density at radius 3 is 1.83 bits per heavy atom. The summed E-state index contributed by atoms with van der Waals surface area (Å²) < 4.78 is 0. The van der Waals surface area contributed by atoms with E-state index in [-0.39, 0.29) is 0 Å². The third-order valence-electron chi connectivity index (χ3n) is 8.45. The van der Waals surface area contributed by atoms with Gasteiger partial charge < -0.3 is 0 Å². The van der Waals surface area contributed by atoms with Crippen LogP contribution in [0.2, 0.25) is 0 Å². The fourth-order valence-corrected chi connectivity index (χ4v) is 6.41. The molecule has 0 aliphatic carbocycles. The maximum absolute atomic E-state index is 2.48. The largest absolute Gasteiger partial charge is 0.0654 e. The lowest BCUT2D eigenvalue weighted by Crippen LogP contribution is -1.93. The Kier molecular flexibility index (Phi) is 6.83. The van der Waals surface area contributed by atoms with E-state index >= 15 is 0 Å². The molecular weight excluding hydrogens is 492 g/mol. The highest BCUT2D eigenvalue weighted by Crippen LogP contribution is 2.45. The smallest absolute Gasteiger partial charge is 0.00261 e. The Labute approximate surface area is 242 Å². The zero-order valence-electron chi connectivity index (χ0n) is 23.6. The van der Waals surface area contributed by atoms with Crippen LogP contribution in [0.1, 0.15) is 31.7 Å². The van der Waals surface area contributed by atoms with Crippen molar-refractivity contribution in [2.75, 3.05) is 0 Å². The summed E-state index contributed by atoms with van der Waals surface area (Å²) in [7, 11) is 0. The van der Waals surface area contributed by atoms with Gasteiger partial charge in [0.25, 0.3) is 0 Å². The minimum absolute atomic E-state index is 1.12. The third-order valence-corrected chi connectivity index (χ3v) is 8.45. The number of unbranched alkanes of at least 4 members (excludes halogenated alkanes) is 2. The zero-order valence-corrected chi connectivity index (χ0v) is 23.6. The second-order valence-corrected chi connectivity index (χ2v) is 11.1. The molecule has 0 heterocycles. The van der Waals surface area contributed by atoms with E-state index in [2.05, 4.69) is 146 Å². The molecule has 0 aromatic heterocycles. The molecular formula is C41H34. The lowest BCUT2D eigenvalue weighted by molar-refractivity contribution is 0.718. The summed E-state index contributed by atoms with van der Waals surface area (Å²) in [6.45, 7) is 2.28. The van der Waals surface area contributed by atoms with Crippen LogP contribution in [0.3, 0.4) is 0 Å². The predicted octanol–water partition coefficient (Wildman–Crippen LogP) is 11.9. The minimum atomic E-state index is 1.12. The number of hydrogen-bond donors (Lipinski definition) is 0. The molecule has 0 heteroatoms. The van der Waals surface area contributed by atoms with Crippen molar-refractivity contribution in [1.29, 1.82) is 0 Å². The zero-order chi connectivity index (χ0) is 27.6. The van der Waals surface area contributed by atoms with Gasteiger partial charge >= 0.3 is 0 Å². The molecule has 198 valence electrons. The molecule has 7 aromatic rings. The maximum atomic E-state index is 2.48. The monoisotopic (exact) mass is 526 g/mol. The van der Waals surface area contributed by atoms with Crippen molar-refractivity contribution < 1.29 is 0 Å². The molecule has 0 aliphatic heterocycles. The Hall–Kier alpha value is -4.68. The summed E-state index contributed by atoms with van der Waals surface area (Å²) in [6.07, 6.45) is 4.85. The molecule has 7 rings (SSSR count). The van der Waals surface area contributed by atoms with E-state index in [0.717, 1.165) is 6.42 Å². The average Bonchev–Trinajstić information content (AvgIpc) is 3.04. The van der Waals surface area contributed by atoms with Crippen molar-refractivity contribution in [3.63, 3.8) is 0 Å². The molecule has 0 unspecified atom stereocenters. The Bertz CT molecular complexity index is 2000. The lowest BCUT2D eigenvalue weighted by atomic mass is 9.84. The Morgan fingerprint density at radius 2 is 1.02 bits per heavy atom. The van der Waals surface area contributed by atoms with Crippen LogP contribution in [0.25, 0.3) is 65.7 Å². The van der Waals surface area contributed by atoms with E-state index < -0.39 is 0 Å².